The fraction of sp³-hybridized carbons (Fsp3) is 0.895. The van der Waals surface area contributed by atoms with Crippen molar-refractivity contribution in [2.45, 2.75) is 95.2 Å². The molecular weight excluding hydrogens is 363 g/mol. The molecule has 0 aliphatic carbocycles. The first-order valence-electron chi connectivity index (χ1n) is 9.65. The molecule has 6 heteroatoms. The first-order valence-corrected chi connectivity index (χ1v) is 10.5. The fourth-order valence-corrected chi connectivity index (χ4v) is 2.56. The molecule has 0 heterocycles. The van der Waals surface area contributed by atoms with E-state index >= 15 is 0 Å². The number of carbonyl (C=O) groups is 2. The van der Waals surface area contributed by atoms with E-state index in [0.29, 0.717) is 19.4 Å². The van der Waals surface area contributed by atoms with Gasteiger partial charge in [-0.1, -0.05) is 58.3 Å². The number of rotatable bonds is 17. The Morgan fingerprint density at radius 1 is 0.720 bits per heavy atom. The topological polar surface area (TPSA) is 52.6 Å². The molecule has 0 saturated carbocycles. The normalized spacial score (nSPS) is 10.9. The quantitative estimate of drug-likeness (QED) is 0.172. The van der Waals surface area contributed by atoms with E-state index < -0.39 is 4.84 Å². The second kappa shape index (κ2) is 18.3. The summed E-state index contributed by atoms with van der Waals surface area (Å²) in [5, 5.41) is 0. The Hall–Kier alpha value is -0.480. The summed E-state index contributed by atoms with van der Waals surface area (Å²) < 4.78 is 10.1. The van der Waals surface area contributed by atoms with Crippen LogP contribution in [0.3, 0.4) is 0 Å². The van der Waals surface area contributed by atoms with Gasteiger partial charge in [-0.2, -0.15) is 0 Å². The monoisotopic (exact) mass is 396 g/mol. The minimum Gasteiger partial charge on any atom is -0.466 e. The zero-order chi connectivity index (χ0) is 18.8. The third-order valence-corrected chi connectivity index (χ3v) is 4.15. The minimum absolute atomic E-state index is 0.0524. The van der Waals surface area contributed by atoms with Crippen LogP contribution in [0.1, 0.15) is 90.4 Å². The van der Waals surface area contributed by atoms with Gasteiger partial charge in [-0.15, -0.1) is 23.2 Å². The zero-order valence-corrected chi connectivity index (χ0v) is 17.1. The molecule has 0 aliphatic rings. The fourth-order valence-electron chi connectivity index (χ4n) is 2.44. The summed E-state index contributed by atoms with van der Waals surface area (Å²) in [6.07, 6.45) is 12.6. The Balaban J connectivity index is 3.27. The van der Waals surface area contributed by atoms with Crippen molar-refractivity contribution in [3.8, 4) is 0 Å². The summed E-state index contributed by atoms with van der Waals surface area (Å²) in [5.74, 6) is -0.320. The number of ether oxygens (including phenoxy) is 2. The predicted molar refractivity (Wildman–Crippen MR) is 103 cm³/mol. The van der Waals surface area contributed by atoms with Crippen LogP contribution in [0.15, 0.2) is 0 Å². The third kappa shape index (κ3) is 19.7. The molecule has 0 aromatic heterocycles. The molecular formula is C19H34Cl2O4. The van der Waals surface area contributed by atoms with Crippen molar-refractivity contribution in [3.05, 3.63) is 0 Å². The molecule has 148 valence electrons. The first kappa shape index (κ1) is 24.5. The highest BCUT2D eigenvalue weighted by Gasteiger charge is 2.06. The highest BCUT2D eigenvalue weighted by Crippen LogP contribution is 2.10. The summed E-state index contributed by atoms with van der Waals surface area (Å²) in [7, 11) is 0. The van der Waals surface area contributed by atoms with Crippen LogP contribution in [0, 0.1) is 0 Å². The van der Waals surface area contributed by atoms with Gasteiger partial charge in [0.15, 0.2) is 0 Å². The number of carbonyl (C=O) groups excluding carboxylic acids is 2. The molecule has 0 rings (SSSR count). The van der Waals surface area contributed by atoms with Crippen molar-refractivity contribution in [3.63, 3.8) is 0 Å². The third-order valence-electron chi connectivity index (χ3n) is 3.89. The Morgan fingerprint density at radius 2 is 1.20 bits per heavy atom. The lowest BCUT2D eigenvalue weighted by molar-refractivity contribution is -0.144. The van der Waals surface area contributed by atoms with E-state index in [-0.39, 0.29) is 18.5 Å². The molecule has 0 radical (unpaired) electrons. The van der Waals surface area contributed by atoms with E-state index in [0.717, 1.165) is 51.4 Å². The van der Waals surface area contributed by atoms with E-state index in [2.05, 4.69) is 6.92 Å². The van der Waals surface area contributed by atoms with Gasteiger partial charge in [0.25, 0.3) is 0 Å². The maximum atomic E-state index is 11.6. The Bertz CT molecular complexity index is 335. The molecule has 0 N–H and O–H groups in total. The van der Waals surface area contributed by atoms with Crippen molar-refractivity contribution in [2.24, 2.45) is 0 Å². The maximum Gasteiger partial charge on any atom is 0.305 e. The van der Waals surface area contributed by atoms with Gasteiger partial charge >= 0.3 is 11.9 Å². The van der Waals surface area contributed by atoms with E-state index in [9.17, 15) is 9.59 Å². The second-order valence-corrected chi connectivity index (χ2v) is 7.61. The molecule has 0 atom stereocenters. The number of esters is 2. The van der Waals surface area contributed by atoms with Crippen molar-refractivity contribution in [1.29, 1.82) is 0 Å². The number of alkyl halides is 2. The van der Waals surface area contributed by atoms with Gasteiger partial charge in [0.1, 0.15) is 11.4 Å². The molecule has 4 nitrogen and oxygen atoms in total. The molecule has 0 aromatic carbocycles. The molecule has 0 saturated heterocycles. The lowest BCUT2D eigenvalue weighted by atomic mass is 10.1. The van der Waals surface area contributed by atoms with E-state index in [1.165, 1.54) is 19.3 Å². The average molecular weight is 397 g/mol. The maximum absolute atomic E-state index is 11.6. The lowest BCUT2D eigenvalue weighted by Gasteiger charge is -2.06. The molecule has 0 aromatic rings. The summed E-state index contributed by atoms with van der Waals surface area (Å²) in [4.78, 5) is 22.2. The van der Waals surface area contributed by atoms with Gasteiger partial charge in [-0.25, -0.2) is 0 Å². The summed E-state index contributed by atoms with van der Waals surface area (Å²) in [5.41, 5.74) is 0. The van der Waals surface area contributed by atoms with Crippen LogP contribution in [-0.2, 0) is 19.1 Å². The average Bonchev–Trinajstić information content (AvgIpc) is 2.58. The number of unbranched alkanes of at least 4 members (excludes halogenated alkanes) is 9. The van der Waals surface area contributed by atoms with Crippen LogP contribution < -0.4 is 0 Å². The Kier molecular flexibility index (Phi) is 18.0. The standard InChI is InChI=1S/C19H34Cl2O4/c1-2-3-4-9-12-15-24-18(22)13-10-7-5-6-8-11-14-19(23)25-16-17(20)21/h17H,2-16H2,1H3. The van der Waals surface area contributed by atoms with Gasteiger partial charge in [0.2, 0.25) is 0 Å². The van der Waals surface area contributed by atoms with Crippen molar-refractivity contribution >= 4 is 35.1 Å². The zero-order valence-electron chi connectivity index (χ0n) is 15.6. The smallest absolute Gasteiger partial charge is 0.305 e. The second-order valence-electron chi connectivity index (χ2n) is 6.33. The lowest BCUT2D eigenvalue weighted by Crippen LogP contribution is -2.09. The highest BCUT2D eigenvalue weighted by atomic mass is 35.5. The van der Waals surface area contributed by atoms with E-state index in [4.69, 9.17) is 32.7 Å². The summed E-state index contributed by atoms with van der Waals surface area (Å²) >= 11 is 11.0. The van der Waals surface area contributed by atoms with E-state index in [1.54, 1.807) is 0 Å². The number of hydrogen-bond acceptors (Lipinski definition) is 4. The number of halogens is 2. The van der Waals surface area contributed by atoms with Crippen LogP contribution in [0.25, 0.3) is 0 Å². The first-order chi connectivity index (χ1) is 12.1. The SMILES string of the molecule is CCCCCCCOC(=O)CCCCCCCCC(=O)OCC(Cl)Cl. The van der Waals surface area contributed by atoms with Crippen molar-refractivity contribution < 1.29 is 19.1 Å². The molecule has 0 aliphatic heterocycles. The van der Waals surface area contributed by atoms with Crippen molar-refractivity contribution in [2.75, 3.05) is 13.2 Å². The van der Waals surface area contributed by atoms with Gasteiger partial charge in [-0.05, 0) is 19.3 Å². The molecule has 0 bridgehead atoms. The summed E-state index contributed by atoms with van der Waals surface area (Å²) in [6, 6.07) is 0. The van der Waals surface area contributed by atoms with Crippen LogP contribution in [0.2, 0.25) is 0 Å². The number of hydrogen-bond donors (Lipinski definition) is 0. The minimum atomic E-state index is -0.656. The van der Waals surface area contributed by atoms with Gasteiger partial charge in [-0.3, -0.25) is 9.59 Å². The van der Waals surface area contributed by atoms with Gasteiger partial charge < -0.3 is 9.47 Å². The summed E-state index contributed by atoms with van der Waals surface area (Å²) in [6.45, 7) is 2.80. The highest BCUT2D eigenvalue weighted by molar-refractivity contribution is 6.44. The molecule has 0 unspecified atom stereocenters. The predicted octanol–water partition coefficient (Wildman–Crippen LogP) is 5.97. The van der Waals surface area contributed by atoms with Crippen LogP contribution in [0.5, 0.6) is 0 Å². The Labute approximate surface area is 162 Å². The largest absolute Gasteiger partial charge is 0.466 e. The van der Waals surface area contributed by atoms with Crippen molar-refractivity contribution in [1.82, 2.24) is 0 Å². The van der Waals surface area contributed by atoms with Gasteiger partial charge in [0, 0.05) is 12.8 Å². The Morgan fingerprint density at radius 3 is 1.76 bits per heavy atom. The molecule has 0 amide bonds. The van der Waals surface area contributed by atoms with Crippen LogP contribution in [-0.4, -0.2) is 30.0 Å². The van der Waals surface area contributed by atoms with Crippen LogP contribution in [0.4, 0.5) is 0 Å². The van der Waals surface area contributed by atoms with E-state index in [1.807, 2.05) is 0 Å². The molecule has 25 heavy (non-hydrogen) atoms. The van der Waals surface area contributed by atoms with Crippen LogP contribution >= 0.6 is 23.2 Å². The molecule has 0 fully saturated rings. The van der Waals surface area contributed by atoms with Gasteiger partial charge in [0.05, 0.1) is 6.61 Å². The molecule has 0 spiro atoms.